The molecule has 2 aromatic rings. The van der Waals surface area contributed by atoms with E-state index in [2.05, 4.69) is 0 Å². The Bertz CT molecular complexity index is 660. The third-order valence-corrected chi connectivity index (χ3v) is 3.31. The summed E-state index contributed by atoms with van der Waals surface area (Å²) in [5.41, 5.74) is 0.750. The summed E-state index contributed by atoms with van der Waals surface area (Å²) in [6.07, 6.45) is 0. The van der Waals surface area contributed by atoms with Gasteiger partial charge in [0.2, 0.25) is 5.76 Å². The first-order chi connectivity index (χ1) is 9.10. The molecule has 0 aliphatic carbocycles. The van der Waals surface area contributed by atoms with Crippen LogP contribution in [0.2, 0.25) is 0 Å². The van der Waals surface area contributed by atoms with Gasteiger partial charge in [-0.3, -0.25) is 0 Å². The van der Waals surface area contributed by atoms with Crippen molar-refractivity contribution < 1.29 is 18.7 Å². The van der Waals surface area contributed by atoms with Gasteiger partial charge in [-0.25, -0.2) is 9.18 Å². The van der Waals surface area contributed by atoms with Crippen molar-refractivity contribution in [3.8, 4) is 6.07 Å². The minimum Gasteiger partial charge on any atom is -0.475 e. The highest BCUT2D eigenvalue weighted by Gasteiger charge is 2.10. The van der Waals surface area contributed by atoms with Crippen LogP contribution in [0.5, 0.6) is 0 Å². The van der Waals surface area contributed by atoms with Crippen molar-refractivity contribution >= 4 is 17.7 Å². The van der Waals surface area contributed by atoms with Crippen molar-refractivity contribution in [3.63, 3.8) is 0 Å². The van der Waals surface area contributed by atoms with Gasteiger partial charge in [0.1, 0.15) is 11.9 Å². The molecule has 0 unspecified atom stereocenters. The lowest BCUT2D eigenvalue weighted by molar-refractivity contribution is 0.0656. The summed E-state index contributed by atoms with van der Waals surface area (Å²) in [5.74, 6) is -1.34. The van der Waals surface area contributed by atoms with Gasteiger partial charge in [-0.05, 0) is 29.8 Å². The number of carbonyl (C=O) groups is 1. The number of halogens is 1. The minimum absolute atomic E-state index is 0.0104. The van der Waals surface area contributed by atoms with Crippen molar-refractivity contribution in [2.75, 3.05) is 0 Å². The lowest BCUT2D eigenvalue weighted by Gasteiger charge is -2.00. The number of carboxylic acid groups (broad SMARTS) is 1. The zero-order valence-corrected chi connectivity index (χ0v) is 10.4. The zero-order chi connectivity index (χ0) is 13.8. The smallest absolute Gasteiger partial charge is 0.371 e. The normalized spacial score (nSPS) is 10.1. The van der Waals surface area contributed by atoms with Crippen LogP contribution >= 0.6 is 11.8 Å². The molecular formula is C13H8FNO3S. The minimum atomic E-state index is -1.12. The zero-order valence-electron chi connectivity index (χ0n) is 9.59. The highest BCUT2D eigenvalue weighted by atomic mass is 32.2. The third kappa shape index (κ3) is 3.14. The van der Waals surface area contributed by atoms with Gasteiger partial charge in [0, 0.05) is 5.75 Å². The van der Waals surface area contributed by atoms with Crippen molar-refractivity contribution in [1.29, 1.82) is 5.26 Å². The van der Waals surface area contributed by atoms with Gasteiger partial charge in [-0.2, -0.15) is 5.26 Å². The van der Waals surface area contributed by atoms with E-state index in [0.29, 0.717) is 10.8 Å². The maximum atomic E-state index is 13.1. The molecule has 0 aliphatic rings. The van der Waals surface area contributed by atoms with E-state index in [1.165, 1.54) is 30.0 Å². The summed E-state index contributed by atoms with van der Waals surface area (Å²) in [4.78, 5) is 10.6. The predicted molar refractivity (Wildman–Crippen MR) is 66.3 cm³/mol. The summed E-state index contributed by atoms with van der Waals surface area (Å²) >= 11 is 1.27. The van der Waals surface area contributed by atoms with Crippen LogP contribution in [-0.2, 0) is 5.75 Å². The molecule has 0 saturated heterocycles. The largest absolute Gasteiger partial charge is 0.475 e. The number of hydrogen-bond acceptors (Lipinski definition) is 4. The van der Waals surface area contributed by atoms with Crippen molar-refractivity contribution in [2.45, 2.75) is 10.8 Å². The maximum Gasteiger partial charge on any atom is 0.371 e. The second-order valence-electron chi connectivity index (χ2n) is 3.64. The molecule has 0 amide bonds. The maximum absolute atomic E-state index is 13.1. The summed E-state index contributed by atoms with van der Waals surface area (Å²) in [6.45, 7) is 0. The van der Waals surface area contributed by atoms with Crippen molar-refractivity contribution in [1.82, 2.24) is 0 Å². The van der Waals surface area contributed by atoms with Crippen LogP contribution in [0.1, 0.15) is 21.7 Å². The quantitative estimate of drug-likeness (QED) is 0.868. The molecule has 0 bridgehead atoms. The van der Waals surface area contributed by atoms with E-state index in [4.69, 9.17) is 14.8 Å². The first-order valence-corrected chi connectivity index (χ1v) is 6.23. The van der Waals surface area contributed by atoms with Crippen LogP contribution in [0.15, 0.2) is 39.8 Å². The average Bonchev–Trinajstić information content (AvgIpc) is 2.87. The summed E-state index contributed by atoms with van der Waals surface area (Å²) in [5, 5.41) is 17.9. The van der Waals surface area contributed by atoms with Gasteiger partial charge in [-0.15, -0.1) is 0 Å². The highest BCUT2D eigenvalue weighted by molar-refractivity contribution is 7.98. The Morgan fingerprint density at radius 1 is 1.42 bits per heavy atom. The van der Waals surface area contributed by atoms with Gasteiger partial charge >= 0.3 is 5.97 Å². The van der Waals surface area contributed by atoms with Gasteiger partial charge in [0.25, 0.3) is 0 Å². The van der Waals surface area contributed by atoms with E-state index in [0.717, 1.165) is 5.56 Å². The molecule has 4 nitrogen and oxygen atoms in total. The fraction of sp³-hybridized carbons (Fsp3) is 0.0769. The van der Waals surface area contributed by atoms with Crippen LogP contribution < -0.4 is 0 Å². The standard InChI is InChI=1S/C13H8FNO3S/c14-10-2-1-8(5-9(10)6-15)7-19-12-4-3-11(18-12)13(16)17/h1-5H,7H2,(H,16,17). The first kappa shape index (κ1) is 13.2. The van der Waals surface area contributed by atoms with E-state index in [9.17, 15) is 9.18 Å². The number of thioether (sulfide) groups is 1. The SMILES string of the molecule is N#Cc1cc(CSc2ccc(C(=O)O)o2)ccc1F. The summed E-state index contributed by atoms with van der Waals surface area (Å²) in [7, 11) is 0. The molecule has 0 radical (unpaired) electrons. The van der Waals surface area contributed by atoms with Gasteiger partial charge in [0.15, 0.2) is 5.09 Å². The second kappa shape index (κ2) is 5.59. The van der Waals surface area contributed by atoms with Crippen LogP contribution in [0.25, 0.3) is 0 Å². The number of benzene rings is 1. The topological polar surface area (TPSA) is 74.2 Å². The molecule has 0 aliphatic heterocycles. The number of rotatable bonds is 4. The van der Waals surface area contributed by atoms with E-state index in [1.807, 2.05) is 0 Å². The molecule has 1 aromatic heterocycles. The van der Waals surface area contributed by atoms with E-state index >= 15 is 0 Å². The Morgan fingerprint density at radius 2 is 2.21 bits per heavy atom. The number of carboxylic acids is 1. The molecule has 0 atom stereocenters. The molecule has 1 heterocycles. The molecule has 6 heteroatoms. The van der Waals surface area contributed by atoms with Crippen LogP contribution in [0.4, 0.5) is 4.39 Å². The fourth-order valence-corrected chi connectivity index (χ4v) is 2.22. The van der Waals surface area contributed by atoms with Crippen molar-refractivity contribution in [2.24, 2.45) is 0 Å². The Balaban J connectivity index is 2.06. The van der Waals surface area contributed by atoms with Crippen LogP contribution in [0, 0.1) is 17.1 Å². The summed E-state index contributed by atoms with van der Waals surface area (Å²) in [6, 6.07) is 8.97. The Labute approximate surface area is 112 Å². The number of nitriles is 1. The number of furan rings is 1. The summed E-state index contributed by atoms with van der Waals surface area (Å²) < 4.78 is 18.2. The van der Waals surface area contributed by atoms with Gasteiger partial charge in [-0.1, -0.05) is 17.8 Å². The lowest BCUT2D eigenvalue weighted by atomic mass is 10.1. The molecule has 2 rings (SSSR count). The first-order valence-electron chi connectivity index (χ1n) is 5.24. The highest BCUT2D eigenvalue weighted by Crippen LogP contribution is 2.25. The van der Waals surface area contributed by atoms with Crippen LogP contribution in [0.3, 0.4) is 0 Å². The van der Waals surface area contributed by atoms with E-state index < -0.39 is 11.8 Å². The number of nitrogens with zero attached hydrogens (tertiary/aromatic N) is 1. The van der Waals surface area contributed by atoms with E-state index in [-0.39, 0.29) is 11.3 Å². The number of aromatic carboxylic acids is 1. The second-order valence-corrected chi connectivity index (χ2v) is 4.62. The van der Waals surface area contributed by atoms with Crippen molar-refractivity contribution in [3.05, 3.63) is 53.0 Å². The molecule has 0 fully saturated rings. The third-order valence-electron chi connectivity index (χ3n) is 2.32. The molecule has 96 valence electrons. The van der Waals surface area contributed by atoms with Gasteiger partial charge in [0.05, 0.1) is 5.56 Å². The Hall–Kier alpha value is -2.26. The fourth-order valence-electron chi connectivity index (χ4n) is 1.42. The van der Waals surface area contributed by atoms with Gasteiger partial charge < -0.3 is 9.52 Å². The molecular weight excluding hydrogens is 269 g/mol. The Morgan fingerprint density at radius 3 is 2.84 bits per heavy atom. The predicted octanol–water partition coefficient (Wildman–Crippen LogP) is 3.28. The van der Waals surface area contributed by atoms with Crippen LogP contribution in [-0.4, -0.2) is 11.1 Å². The molecule has 1 N–H and O–H groups in total. The number of hydrogen-bond donors (Lipinski definition) is 1. The monoisotopic (exact) mass is 277 g/mol. The molecule has 0 spiro atoms. The van der Waals surface area contributed by atoms with E-state index in [1.54, 1.807) is 18.2 Å². The average molecular weight is 277 g/mol. The molecule has 0 saturated carbocycles. The molecule has 1 aromatic carbocycles. The Kier molecular flexibility index (Phi) is 3.88. The lowest BCUT2D eigenvalue weighted by Crippen LogP contribution is -1.91. The molecule has 19 heavy (non-hydrogen) atoms.